The molecule has 0 bridgehead atoms. The van der Waals surface area contributed by atoms with E-state index < -0.39 is 0 Å². The van der Waals surface area contributed by atoms with E-state index in [1.54, 1.807) is 0 Å². The molecular weight excluding hydrogens is 198 g/mol. The van der Waals surface area contributed by atoms with E-state index in [1.807, 2.05) is 0 Å². The molecule has 0 amide bonds. The Balaban J connectivity index is 2.82. The van der Waals surface area contributed by atoms with E-state index in [0.717, 1.165) is 18.7 Å². The van der Waals surface area contributed by atoms with Gasteiger partial charge in [0.1, 0.15) is 0 Å². The molecule has 0 aromatic heterocycles. The molecule has 90 valence electrons. The molecule has 2 N–H and O–H groups in total. The van der Waals surface area contributed by atoms with Crippen LogP contribution >= 0.6 is 0 Å². The highest BCUT2D eigenvalue weighted by Crippen LogP contribution is 2.22. The first-order chi connectivity index (χ1) is 7.44. The summed E-state index contributed by atoms with van der Waals surface area (Å²) in [6, 6.07) is 6.23. The Morgan fingerprint density at radius 1 is 1.25 bits per heavy atom. The number of anilines is 1. The van der Waals surface area contributed by atoms with Crippen molar-refractivity contribution in [1.29, 1.82) is 0 Å². The molecule has 0 heterocycles. The molecule has 0 radical (unpaired) electrons. The van der Waals surface area contributed by atoms with E-state index in [1.165, 1.54) is 11.1 Å². The van der Waals surface area contributed by atoms with Crippen LogP contribution in [0.15, 0.2) is 18.2 Å². The van der Waals surface area contributed by atoms with Crippen LogP contribution < -0.4 is 5.32 Å². The SMILES string of the molecule is Cc1cccc(NCC(C)(C)C)c1CCO. The molecule has 1 aromatic carbocycles. The van der Waals surface area contributed by atoms with Crippen molar-refractivity contribution >= 4 is 5.69 Å². The lowest BCUT2D eigenvalue weighted by Gasteiger charge is -2.21. The first-order valence-electron chi connectivity index (χ1n) is 5.87. The smallest absolute Gasteiger partial charge is 0.0472 e. The van der Waals surface area contributed by atoms with Crippen molar-refractivity contribution in [3.05, 3.63) is 29.3 Å². The molecule has 0 spiro atoms. The van der Waals surface area contributed by atoms with Gasteiger partial charge in [0, 0.05) is 18.8 Å². The lowest BCUT2D eigenvalue weighted by Crippen LogP contribution is -2.20. The van der Waals surface area contributed by atoms with Crippen LogP contribution in [-0.2, 0) is 6.42 Å². The lowest BCUT2D eigenvalue weighted by molar-refractivity contribution is 0.299. The van der Waals surface area contributed by atoms with Gasteiger partial charge >= 0.3 is 0 Å². The Kier molecular flexibility index (Phi) is 4.36. The van der Waals surface area contributed by atoms with Gasteiger partial charge in [0.05, 0.1) is 0 Å². The number of nitrogens with one attached hydrogen (secondary N) is 1. The molecule has 1 aromatic rings. The summed E-state index contributed by atoms with van der Waals surface area (Å²) in [6.07, 6.45) is 0.721. The van der Waals surface area contributed by atoms with Crippen molar-refractivity contribution in [2.75, 3.05) is 18.5 Å². The summed E-state index contributed by atoms with van der Waals surface area (Å²) in [7, 11) is 0. The van der Waals surface area contributed by atoms with Crippen LogP contribution in [0.4, 0.5) is 5.69 Å². The third-order valence-electron chi connectivity index (χ3n) is 2.58. The quantitative estimate of drug-likeness (QED) is 0.819. The van der Waals surface area contributed by atoms with Crippen molar-refractivity contribution < 1.29 is 5.11 Å². The molecule has 2 nitrogen and oxygen atoms in total. The Hall–Kier alpha value is -1.02. The Morgan fingerprint density at radius 3 is 2.50 bits per heavy atom. The number of hydrogen-bond acceptors (Lipinski definition) is 2. The second-order valence-electron chi connectivity index (χ2n) is 5.49. The van der Waals surface area contributed by atoms with Gasteiger partial charge in [-0.05, 0) is 36.0 Å². The zero-order chi connectivity index (χ0) is 12.2. The molecule has 0 saturated carbocycles. The molecule has 0 unspecified atom stereocenters. The van der Waals surface area contributed by atoms with Crippen LogP contribution in [0.1, 0.15) is 31.9 Å². The maximum Gasteiger partial charge on any atom is 0.0472 e. The molecule has 0 aliphatic heterocycles. The van der Waals surface area contributed by atoms with Crippen molar-refractivity contribution in [3.63, 3.8) is 0 Å². The summed E-state index contributed by atoms with van der Waals surface area (Å²) in [5.41, 5.74) is 3.89. The number of benzene rings is 1. The molecule has 0 aliphatic rings. The zero-order valence-electron chi connectivity index (χ0n) is 10.8. The van der Waals surface area contributed by atoms with Crippen LogP contribution in [0, 0.1) is 12.3 Å². The Morgan fingerprint density at radius 2 is 1.94 bits per heavy atom. The second kappa shape index (κ2) is 5.35. The number of aryl methyl sites for hydroxylation is 1. The predicted molar refractivity (Wildman–Crippen MR) is 69.9 cm³/mol. The Bertz CT molecular complexity index is 339. The molecule has 2 heteroatoms. The van der Waals surface area contributed by atoms with E-state index in [9.17, 15) is 0 Å². The lowest BCUT2D eigenvalue weighted by atomic mass is 9.96. The van der Waals surface area contributed by atoms with Gasteiger partial charge in [0.15, 0.2) is 0 Å². The summed E-state index contributed by atoms with van der Waals surface area (Å²) in [5.74, 6) is 0. The van der Waals surface area contributed by atoms with Crippen LogP contribution in [0.5, 0.6) is 0 Å². The van der Waals surface area contributed by atoms with Gasteiger partial charge in [-0.15, -0.1) is 0 Å². The summed E-state index contributed by atoms with van der Waals surface area (Å²) < 4.78 is 0. The summed E-state index contributed by atoms with van der Waals surface area (Å²) >= 11 is 0. The standard InChI is InChI=1S/C14H23NO/c1-11-6-5-7-13(12(11)8-9-16)15-10-14(2,3)4/h5-7,15-16H,8-10H2,1-4H3. The predicted octanol–water partition coefficient (Wildman–Crippen LogP) is 2.99. The summed E-state index contributed by atoms with van der Waals surface area (Å²) in [6.45, 7) is 9.86. The first-order valence-corrected chi connectivity index (χ1v) is 5.87. The van der Waals surface area contributed by atoms with Gasteiger partial charge in [-0.2, -0.15) is 0 Å². The van der Waals surface area contributed by atoms with Gasteiger partial charge in [-0.1, -0.05) is 32.9 Å². The van der Waals surface area contributed by atoms with Crippen LogP contribution in [0.2, 0.25) is 0 Å². The molecule has 0 atom stereocenters. The third-order valence-corrected chi connectivity index (χ3v) is 2.58. The van der Waals surface area contributed by atoms with E-state index in [0.29, 0.717) is 0 Å². The molecule has 0 aliphatic carbocycles. The number of rotatable bonds is 4. The van der Waals surface area contributed by atoms with Crippen molar-refractivity contribution in [3.8, 4) is 0 Å². The highest BCUT2D eigenvalue weighted by molar-refractivity contribution is 5.54. The first kappa shape index (κ1) is 13.0. The maximum atomic E-state index is 9.07. The van der Waals surface area contributed by atoms with Crippen LogP contribution in [0.3, 0.4) is 0 Å². The number of aliphatic hydroxyl groups is 1. The van der Waals surface area contributed by atoms with E-state index >= 15 is 0 Å². The fourth-order valence-electron chi connectivity index (χ4n) is 1.67. The molecule has 1 rings (SSSR count). The minimum absolute atomic E-state index is 0.203. The highest BCUT2D eigenvalue weighted by atomic mass is 16.2. The minimum Gasteiger partial charge on any atom is -0.396 e. The number of aliphatic hydroxyl groups excluding tert-OH is 1. The largest absolute Gasteiger partial charge is 0.396 e. The normalized spacial score (nSPS) is 11.6. The maximum absolute atomic E-state index is 9.07. The second-order valence-corrected chi connectivity index (χ2v) is 5.49. The molecule has 0 saturated heterocycles. The van der Waals surface area contributed by atoms with E-state index in [-0.39, 0.29) is 12.0 Å². The summed E-state index contributed by atoms with van der Waals surface area (Å²) in [5, 5.41) is 12.5. The van der Waals surface area contributed by atoms with E-state index in [2.05, 4.69) is 51.2 Å². The van der Waals surface area contributed by atoms with Gasteiger partial charge in [-0.25, -0.2) is 0 Å². The fraction of sp³-hybridized carbons (Fsp3) is 0.571. The molecule has 16 heavy (non-hydrogen) atoms. The third kappa shape index (κ3) is 3.86. The monoisotopic (exact) mass is 221 g/mol. The minimum atomic E-state index is 0.203. The van der Waals surface area contributed by atoms with Crippen LogP contribution in [0.25, 0.3) is 0 Å². The highest BCUT2D eigenvalue weighted by Gasteiger charge is 2.11. The fourth-order valence-corrected chi connectivity index (χ4v) is 1.67. The van der Waals surface area contributed by atoms with Crippen molar-refractivity contribution in [1.82, 2.24) is 0 Å². The van der Waals surface area contributed by atoms with Gasteiger partial charge in [-0.3, -0.25) is 0 Å². The Labute approximate surface area is 98.7 Å². The van der Waals surface area contributed by atoms with Crippen molar-refractivity contribution in [2.24, 2.45) is 5.41 Å². The average Bonchev–Trinajstić information content (AvgIpc) is 2.18. The molecular formula is C14H23NO. The average molecular weight is 221 g/mol. The van der Waals surface area contributed by atoms with Gasteiger partial charge in [0.25, 0.3) is 0 Å². The number of hydrogen-bond donors (Lipinski definition) is 2. The van der Waals surface area contributed by atoms with Crippen molar-refractivity contribution in [2.45, 2.75) is 34.1 Å². The molecule has 0 fully saturated rings. The summed E-state index contributed by atoms with van der Waals surface area (Å²) in [4.78, 5) is 0. The zero-order valence-corrected chi connectivity index (χ0v) is 10.8. The van der Waals surface area contributed by atoms with Gasteiger partial charge < -0.3 is 10.4 Å². The topological polar surface area (TPSA) is 32.3 Å². The van der Waals surface area contributed by atoms with E-state index in [4.69, 9.17) is 5.11 Å². The van der Waals surface area contributed by atoms with Gasteiger partial charge in [0.2, 0.25) is 0 Å². The van der Waals surface area contributed by atoms with Crippen LogP contribution in [-0.4, -0.2) is 18.3 Å².